The number of esters is 1. The number of fused-ring (bicyclic) bond motifs is 1. The number of ketones is 1. The third-order valence-electron chi connectivity index (χ3n) is 6.87. The van der Waals surface area contributed by atoms with Gasteiger partial charge in [0.2, 0.25) is 0 Å². The lowest BCUT2D eigenvalue weighted by atomic mass is 9.76. The third-order valence-corrected chi connectivity index (χ3v) is 6.87. The summed E-state index contributed by atoms with van der Waals surface area (Å²) >= 11 is 0. The molecule has 184 valence electrons. The molecule has 0 radical (unpaired) electrons. The summed E-state index contributed by atoms with van der Waals surface area (Å²) in [6.07, 6.45) is 1.74. The minimum absolute atomic E-state index is 0.0142. The van der Waals surface area contributed by atoms with Gasteiger partial charge in [-0.05, 0) is 30.9 Å². The molecule has 1 unspecified atom stereocenters. The second-order valence-electron chi connectivity index (χ2n) is 9.22. The monoisotopic (exact) mass is 485 g/mol. The molecule has 1 atom stereocenters. The molecule has 0 bridgehead atoms. The van der Waals surface area contributed by atoms with Gasteiger partial charge in [0.15, 0.2) is 5.78 Å². The van der Waals surface area contributed by atoms with Crippen LogP contribution in [0.15, 0.2) is 75.5 Å². The summed E-state index contributed by atoms with van der Waals surface area (Å²) in [7, 11) is 1.21. The highest BCUT2D eigenvalue weighted by atomic mass is 16.5. The summed E-state index contributed by atoms with van der Waals surface area (Å²) in [5.74, 6) is -0.998. The zero-order chi connectivity index (χ0) is 25.4. The van der Waals surface area contributed by atoms with Crippen LogP contribution in [-0.2, 0) is 27.4 Å². The number of aromatic nitrogens is 2. The lowest BCUT2D eigenvalue weighted by Crippen LogP contribution is -2.47. The van der Waals surface area contributed by atoms with Crippen LogP contribution in [0.5, 0.6) is 0 Å². The molecule has 5 rings (SSSR count). The lowest BCUT2D eigenvalue weighted by Gasteiger charge is -2.35. The Morgan fingerprint density at radius 2 is 1.72 bits per heavy atom. The van der Waals surface area contributed by atoms with E-state index >= 15 is 0 Å². The fourth-order valence-electron chi connectivity index (χ4n) is 5.07. The van der Waals surface area contributed by atoms with Gasteiger partial charge < -0.3 is 10.1 Å². The number of anilines is 1. The first kappa shape index (κ1) is 23.5. The highest BCUT2D eigenvalue weighted by molar-refractivity contribution is 6.00. The van der Waals surface area contributed by atoms with Gasteiger partial charge in [0.1, 0.15) is 12.4 Å². The first-order chi connectivity index (χ1) is 17.4. The molecule has 8 nitrogen and oxygen atoms in total. The fourth-order valence-corrected chi connectivity index (χ4v) is 5.07. The number of carbonyl (C=O) groups excluding carboxylic acids is 2. The van der Waals surface area contributed by atoms with Crippen LogP contribution in [0.3, 0.4) is 0 Å². The molecular weight excluding hydrogens is 458 g/mol. The summed E-state index contributed by atoms with van der Waals surface area (Å²) in [5, 5.41) is 3.30. The van der Waals surface area contributed by atoms with Crippen molar-refractivity contribution in [3.63, 3.8) is 0 Å². The van der Waals surface area contributed by atoms with Crippen LogP contribution < -0.4 is 16.6 Å². The number of rotatable bonds is 5. The molecule has 1 aliphatic heterocycles. The van der Waals surface area contributed by atoms with Gasteiger partial charge in [0.25, 0.3) is 5.56 Å². The molecule has 1 aromatic heterocycles. The molecule has 3 aromatic rings. The van der Waals surface area contributed by atoms with Gasteiger partial charge in [-0.3, -0.25) is 19.0 Å². The van der Waals surface area contributed by atoms with Gasteiger partial charge in [-0.2, -0.15) is 0 Å². The molecule has 1 aliphatic carbocycles. The van der Waals surface area contributed by atoms with Crippen molar-refractivity contribution in [2.45, 2.75) is 45.2 Å². The fraction of sp³-hybridized carbons (Fsp3) is 0.286. The first-order valence-corrected chi connectivity index (χ1v) is 12.0. The van der Waals surface area contributed by atoms with Gasteiger partial charge in [0, 0.05) is 23.6 Å². The summed E-state index contributed by atoms with van der Waals surface area (Å²) < 4.78 is 7.17. The summed E-state index contributed by atoms with van der Waals surface area (Å²) in [6, 6.07) is 17.1. The van der Waals surface area contributed by atoms with E-state index in [0.717, 1.165) is 27.0 Å². The van der Waals surface area contributed by atoms with E-state index in [1.54, 1.807) is 0 Å². The normalized spacial score (nSPS) is 16.7. The van der Waals surface area contributed by atoms with Gasteiger partial charge in [0.05, 0.1) is 19.2 Å². The molecule has 1 N–H and O–H groups in total. The molecule has 2 aromatic carbocycles. The maximum absolute atomic E-state index is 13.9. The number of hydrogen-bond donors (Lipinski definition) is 1. The zero-order valence-electron chi connectivity index (χ0n) is 20.2. The number of nitrogens with zero attached hydrogens (tertiary/aromatic N) is 2. The smallest absolute Gasteiger partial charge is 0.333 e. The van der Waals surface area contributed by atoms with Gasteiger partial charge in [-0.1, -0.05) is 60.2 Å². The van der Waals surface area contributed by atoms with Crippen LogP contribution in [0.4, 0.5) is 5.82 Å². The number of benzene rings is 2. The average Bonchev–Trinajstić information content (AvgIpc) is 2.89. The largest absolute Gasteiger partial charge is 0.468 e. The van der Waals surface area contributed by atoms with Crippen molar-refractivity contribution in [2.24, 2.45) is 0 Å². The standard InChI is InChI=1S/C28H27N3O5/c1-17-11-13-19(14-12-17)23-24-20(9-6-10-21(24)32)29-26-25(23)27(34)31(16-22(33)36-2)28(35)30(26)15-18-7-4-3-5-8-18/h3-5,7-8,11-14,23,29H,6,9-10,15-16H2,1-2H3. The van der Waals surface area contributed by atoms with Crippen LogP contribution in [0.1, 0.15) is 47.4 Å². The molecule has 0 fully saturated rings. The molecule has 0 amide bonds. The molecular formula is C28H27N3O5. The van der Waals surface area contributed by atoms with Crippen molar-refractivity contribution >= 4 is 17.6 Å². The van der Waals surface area contributed by atoms with Crippen molar-refractivity contribution in [1.82, 2.24) is 9.13 Å². The Hall–Kier alpha value is -4.20. The van der Waals surface area contributed by atoms with Crippen molar-refractivity contribution in [3.05, 3.63) is 109 Å². The predicted octanol–water partition coefficient (Wildman–Crippen LogP) is 3.10. The van der Waals surface area contributed by atoms with Crippen LogP contribution in [0.25, 0.3) is 0 Å². The second kappa shape index (κ2) is 9.45. The Labute approximate surface area is 207 Å². The van der Waals surface area contributed by atoms with Gasteiger partial charge in [-0.25, -0.2) is 9.36 Å². The van der Waals surface area contributed by atoms with Crippen molar-refractivity contribution < 1.29 is 14.3 Å². The van der Waals surface area contributed by atoms with E-state index in [4.69, 9.17) is 4.74 Å². The quantitative estimate of drug-likeness (QED) is 0.558. The number of methoxy groups -OCH3 is 1. The second-order valence-corrected chi connectivity index (χ2v) is 9.22. The van der Waals surface area contributed by atoms with Crippen molar-refractivity contribution in [2.75, 3.05) is 12.4 Å². The number of nitrogens with one attached hydrogen (secondary N) is 1. The first-order valence-electron chi connectivity index (χ1n) is 12.0. The Morgan fingerprint density at radius 1 is 1.00 bits per heavy atom. The van der Waals surface area contributed by atoms with Gasteiger partial charge in [-0.15, -0.1) is 0 Å². The molecule has 2 aliphatic rings. The average molecular weight is 486 g/mol. The van der Waals surface area contributed by atoms with Crippen LogP contribution >= 0.6 is 0 Å². The minimum Gasteiger partial charge on any atom is -0.468 e. The molecule has 0 saturated heterocycles. The Bertz CT molecular complexity index is 1500. The highest BCUT2D eigenvalue weighted by Crippen LogP contribution is 2.43. The van der Waals surface area contributed by atoms with Crippen LogP contribution in [-0.4, -0.2) is 28.0 Å². The van der Waals surface area contributed by atoms with Crippen LogP contribution in [0, 0.1) is 6.92 Å². The number of hydrogen-bond acceptors (Lipinski definition) is 6. The van der Waals surface area contributed by atoms with E-state index in [1.807, 2.05) is 61.5 Å². The number of ether oxygens (including phenoxy) is 1. The molecule has 8 heteroatoms. The number of Topliss-reactive ketones (excluding diaryl/α,β-unsaturated/α-hetero) is 1. The minimum atomic E-state index is -0.704. The van der Waals surface area contributed by atoms with E-state index in [1.165, 1.54) is 11.7 Å². The predicted molar refractivity (Wildman–Crippen MR) is 135 cm³/mol. The molecule has 0 spiro atoms. The maximum Gasteiger partial charge on any atom is 0.333 e. The molecule has 36 heavy (non-hydrogen) atoms. The van der Waals surface area contributed by atoms with Crippen molar-refractivity contribution in [1.29, 1.82) is 0 Å². The number of carbonyl (C=O) groups is 2. The zero-order valence-corrected chi connectivity index (χ0v) is 20.2. The third kappa shape index (κ3) is 4.08. The van der Waals surface area contributed by atoms with E-state index in [-0.39, 0.29) is 17.9 Å². The molecule has 2 heterocycles. The number of allylic oxidation sites excluding steroid dienone is 2. The van der Waals surface area contributed by atoms with E-state index in [2.05, 4.69) is 5.32 Å². The summed E-state index contributed by atoms with van der Waals surface area (Å²) in [6.45, 7) is 1.64. The highest BCUT2D eigenvalue weighted by Gasteiger charge is 2.39. The molecule has 0 saturated carbocycles. The van der Waals surface area contributed by atoms with Crippen molar-refractivity contribution in [3.8, 4) is 0 Å². The van der Waals surface area contributed by atoms with Gasteiger partial charge >= 0.3 is 11.7 Å². The van der Waals surface area contributed by atoms with E-state index < -0.39 is 29.7 Å². The Morgan fingerprint density at radius 3 is 2.42 bits per heavy atom. The number of aryl methyl sites for hydroxylation is 1. The SMILES string of the molecule is COC(=O)Cn1c(=O)c2c(n(Cc3ccccc3)c1=O)NC1=C(C(=O)CCC1)C2c1ccc(C)cc1. The topological polar surface area (TPSA) is 99.4 Å². The summed E-state index contributed by atoms with van der Waals surface area (Å²) in [4.78, 5) is 52.9. The Balaban J connectivity index is 1.82. The maximum atomic E-state index is 13.9. The van der Waals surface area contributed by atoms with E-state index in [0.29, 0.717) is 30.7 Å². The summed E-state index contributed by atoms with van der Waals surface area (Å²) in [5.41, 5.74) is 3.07. The van der Waals surface area contributed by atoms with Crippen LogP contribution in [0.2, 0.25) is 0 Å². The van der Waals surface area contributed by atoms with E-state index in [9.17, 15) is 19.2 Å². The Kier molecular flexibility index (Phi) is 6.18. The lowest BCUT2D eigenvalue weighted by molar-refractivity contribution is -0.141.